The number of morpholine rings is 1. The molecule has 0 bridgehead atoms. The summed E-state index contributed by atoms with van der Waals surface area (Å²) in [4.78, 5) is 2.24. The lowest BCUT2D eigenvalue weighted by molar-refractivity contribution is -0.0403. The third-order valence-electron chi connectivity index (χ3n) is 3.12. The molecule has 2 rings (SSSR count). The molecule has 1 aromatic rings. The highest BCUT2D eigenvalue weighted by molar-refractivity contribution is 5.29. The summed E-state index contributed by atoms with van der Waals surface area (Å²) in [6.07, 6.45) is -0.343. The second-order valence-electron chi connectivity index (χ2n) is 4.81. The second kappa shape index (κ2) is 6.18. The van der Waals surface area contributed by atoms with Crippen LogP contribution < -0.4 is 4.74 Å². The average molecular weight is 251 g/mol. The molecule has 0 spiro atoms. The fraction of sp³-hybridized carbons (Fsp3) is 0.571. The molecule has 0 aliphatic carbocycles. The lowest BCUT2D eigenvalue weighted by Gasteiger charge is -2.29. The number of hydrogen-bond acceptors (Lipinski definition) is 4. The van der Waals surface area contributed by atoms with Crippen LogP contribution in [0.25, 0.3) is 0 Å². The van der Waals surface area contributed by atoms with E-state index >= 15 is 0 Å². The van der Waals surface area contributed by atoms with Crippen molar-refractivity contribution in [1.82, 2.24) is 4.90 Å². The number of benzene rings is 1. The number of nitrogens with zero attached hydrogens (tertiary/aromatic N) is 1. The molecule has 0 saturated carbocycles. The molecular formula is C14H21NO3. The summed E-state index contributed by atoms with van der Waals surface area (Å²) in [5.41, 5.74) is 0.870. The van der Waals surface area contributed by atoms with Crippen molar-refractivity contribution in [3.63, 3.8) is 0 Å². The molecule has 4 heteroatoms. The fourth-order valence-corrected chi connectivity index (χ4v) is 2.02. The van der Waals surface area contributed by atoms with Gasteiger partial charge in [-0.1, -0.05) is 12.1 Å². The quantitative estimate of drug-likeness (QED) is 0.879. The Labute approximate surface area is 108 Å². The molecule has 0 amide bonds. The minimum atomic E-state index is -0.467. The molecule has 1 N–H and O–H groups in total. The van der Waals surface area contributed by atoms with Crippen LogP contribution in [0.15, 0.2) is 24.3 Å². The first-order valence-corrected chi connectivity index (χ1v) is 6.36. The Kier molecular flexibility index (Phi) is 4.58. The van der Waals surface area contributed by atoms with Gasteiger partial charge in [-0.15, -0.1) is 0 Å². The molecule has 0 aromatic heterocycles. The van der Waals surface area contributed by atoms with E-state index in [-0.39, 0.29) is 6.10 Å². The monoisotopic (exact) mass is 251 g/mol. The van der Waals surface area contributed by atoms with E-state index in [9.17, 15) is 5.11 Å². The largest absolute Gasteiger partial charge is 0.491 e. The number of hydrogen-bond donors (Lipinski definition) is 1. The Morgan fingerprint density at radius 2 is 2.39 bits per heavy atom. The highest BCUT2D eigenvalue weighted by Crippen LogP contribution is 2.19. The fourth-order valence-electron chi connectivity index (χ4n) is 2.02. The van der Waals surface area contributed by atoms with E-state index in [4.69, 9.17) is 9.47 Å². The van der Waals surface area contributed by atoms with E-state index in [2.05, 4.69) is 11.9 Å². The summed E-state index contributed by atoms with van der Waals surface area (Å²) in [5.74, 6) is 0.783. The van der Waals surface area contributed by atoms with Crippen molar-refractivity contribution in [3.05, 3.63) is 29.8 Å². The predicted octanol–water partition coefficient (Wildman–Crippen LogP) is 1.45. The Hall–Kier alpha value is -1.10. The molecule has 1 fully saturated rings. The van der Waals surface area contributed by atoms with Crippen molar-refractivity contribution >= 4 is 0 Å². The zero-order valence-electron chi connectivity index (χ0n) is 11.0. The van der Waals surface area contributed by atoms with Crippen molar-refractivity contribution in [3.8, 4) is 5.75 Å². The highest BCUT2D eigenvalue weighted by Gasteiger charge is 2.18. The molecule has 4 nitrogen and oxygen atoms in total. The zero-order chi connectivity index (χ0) is 13.0. The highest BCUT2D eigenvalue weighted by atomic mass is 16.5. The molecule has 1 aromatic carbocycles. The van der Waals surface area contributed by atoms with Gasteiger partial charge in [0.2, 0.25) is 0 Å². The van der Waals surface area contributed by atoms with Crippen molar-refractivity contribution in [1.29, 1.82) is 0 Å². The number of likely N-dealkylation sites (N-methyl/N-ethyl adjacent to an activating group) is 1. The predicted molar refractivity (Wildman–Crippen MR) is 69.8 cm³/mol. The average Bonchev–Trinajstić information content (AvgIpc) is 2.37. The third kappa shape index (κ3) is 3.70. The van der Waals surface area contributed by atoms with E-state index in [0.717, 1.165) is 31.0 Å². The number of aliphatic hydroxyl groups is 1. The van der Waals surface area contributed by atoms with Crippen LogP contribution >= 0.6 is 0 Å². The molecule has 1 aliphatic rings. The SMILES string of the molecule is CC(O)c1cccc(OCC2CN(C)CCO2)c1. The van der Waals surface area contributed by atoms with Gasteiger partial charge in [0.25, 0.3) is 0 Å². The lowest BCUT2D eigenvalue weighted by Crippen LogP contribution is -2.42. The van der Waals surface area contributed by atoms with Crippen LogP contribution in [-0.2, 0) is 4.74 Å². The number of rotatable bonds is 4. The van der Waals surface area contributed by atoms with Crippen LogP contribution in [0.4, 0.5) is 0 Å². The van der Waals surface area contributed by atoms with Crippen molar-refractivity contribution < 1.29 is 14.6 Å². The van der Waals surface area contributed by atoms with Crippen LogP contribution in [0.5, 0.6) is 5.75 Å². The lowest BCUT2D eigenvalue weighted by atomic mass is 10.1. The van der Waals surface area contributed by atoms with E-state index < -0.39 is 6.10 Å². The van der Waals surface area contributed by atoms with Gasteiger partial charge >= 0.3 is 0 Å². The van der Waals surface area contributed by atoms with E-state index in [0.29, 0.717) is 6.61 Å². The smallest absolute Gasteiger partial charge is 0.119 e. The molecule has 1 saturated heterocycles. The van der Waals surface area contributed by atoms with Crippen LogP contribution in [0.2, 0.25) is 0 Å². The summed E-state index contributed by atoms with van der Waals surface area (Å²) in [6.45, 7) is 4.94. The molecule has 0 radical (unpaired) electrons. The molecule has 1 aliphatic heterocycles. The van der Waals surface area contributed by atoms with Gasteiger partial charge in [-0.2, -0.15) is 0 Å². The zero-order valence-corrected chi connectivity index (χ0v) is 11.0. The van der Waals surface area contributed by atoms with Crippen molar-refractivity contribution in [2.75, 3.05) is 33.4 Å². The molecule has 18 heavy (non-hydrogen) atoms. The number of ether oxygens (including phenoxy) is 2. The molecule has 2 atom stereocenters. The third-order valence-corrected chi connectivity index (χ3v) is 3.12. The first-order valence-electron chi connectivity index (χ1n) is 6.36. The Balaban J connectivity index is 1.87. The summed E-state index contributed by atoms with van der Waals surface area (Å²) < 4.78 is 11.4. The maximum Gasteiger partial charge on any atom is 0.119 e. The molecule has 1 heterocycles. The second-order valence-corrected chi connectivity index (χ2v) is 4.81. The first-order chi connectivity index (χ1) is 8.65. The van der Waals surface area contributed by atoms with Crippen molar-refractivity contribution in [2.45, 2.75) is 19.1 Å². The van der Waals surface area contributed by atoms with Crippen LogP contribution in [-0.4, -0.2) is 49.5 Å². The standard InChI is InChI=1S/C14H21NO3/c1-11(16)12-4-3-5-13(8-12)18-10-14-9-15(2)6-7-17-14/h3-5,8,11,14,16H,6-7,9-10H2,1-2H3. The van der Waals surface area contributed by atoms with Crippen LogP contribution in [0.3, 0.4) is 0 Å². The molecule has 100 valence electrons. The van der Waals surface area contributed by atoms with Gasteiger partial charge in [0, 0.05) is 13.1 Å². The minimum absolute atomic E-state index is 0.124. The van der Waals surface area contributed by atoms with Gasteiger partial charge in [-0.3, -0.25) is 0 Å². The Morgan fingerprint density at radius 1 is 1.56 bits per heavy atom. The van der Waals surface area contributed by atoms with Gasteiger partial charge in [0.15, 0.2) is 0 Å². The minimum Gasteiger partial charge on any atom is -0.491 e. The topological polar surface area (TPSA) is 41.9 Å². The van der Waals surface area contributed by atoms with E-state index in [1.165, 1.54) is 0 Å². The van der Waals surface area contributed by atoms with Crippen molar-refractivity contribution in [2.24, 2.45) is 0 Å². The molecule has 2 unspecified atom stereocenters. The van der Waals surface area contributed by atoms with Crippen LogP contribution in [0, 0.1) is 0 Å². The van der Waals surface area contributed by atoms with E-state index in [1.807, 2.05) is 24.3 Å². The normalized spacial score (nSPS) is 22.7. The van der Waals surface area contributed by atoms with Crippen LogP contribution in [0.1, 0.15) is 18.6 Å². The summed E-state index contributed by atoms with van der Waals surface area (Å²) >= 11 is 0. The van der Waals surface area contributed by atoms with Gasteiger partial charge in [0.1, 0.15) is 18.5 Å². The molecular weight excluding hydrogens is 230 g/mol. The van der Waals surface area contributed by atoms with Gasteiger partial charge < -0.3 is 19.5 Å². The van der Waals surface area contributed by atoms with Gasteiger partial charge in [-0.05, 0) is 31.7 Å². The van der Waals surface area contributed by atoms with Gasteiger partial charge in [-0.25, -0.2) is 0 Å². The van der Waals surface area contributed by atoms with Gasteiger partial charge in [0.05, 0.1) is 12.7 Å². The Morgan fingerprint density at radius 3 is 3.11 bits per heavy atom. The Bertz CT molecular complexity index is 381. The van der Waals surface area contributed by atoms with E-state index in [1.54, 1.807) is 6.92 Å². The summed E-state index contributed by atoms with van der Waals surface area (Å²) in [5, 5.41) is 9.51. The maximum atomic E-state index is 9.51. The maximum absolute atomic E-state index is 9.51. The summed E-state index contributed by atoms with van der Waals surface area (Å²) in [7, 11) is 2.09. The summed E-state index contributed by atoms with van der Waals surface area (Å²) in [6, 6.07) is 7.56. The first kappa shape index (κ1) is 13.3. The number of aliphatic hydroxyl groups excluding tert-OH is 1.